The van der Waals surface area contributed by atoms with Gasteiger partial charge >= 0.3 is 0 Å². The van der Waals surface area contributed by atoms with Crippen molar-refractivity contribution in [2.75, 3.05) is 24.2 Å². The molecule has 236 valence electrons. The van der Waals surface area contributed by atoms with E-state index in [1.807, 2.05) is 48.5 Å². The summed E-state index contributed by atoms with van der Waals surface area (Å²) >= 11 is 3.58. The van der Waals surface area contributed by atoms with Gasteiger partial charge in [0.15, 0.2) is 14.9 Å². The molecule has 0 saturated carbocycles. The molecule has 0 fully saturated rings. The molecular weight excluding hydrogens is 673 g/mol. The first-order valence-corrected chi connectivity index (χ1v) is 17.1. The fourth-order valence-corrected chi connectivity index (χ4v) is 6.90. The molecule has 3 aromatic carbocycles. The van der Waals surface area contributed by atoms with Crippen LogP contribution in [0.4, 0.5) is 15.9 Å². The second kappa shape index (κ2) is 13.9. The first kappa shape index (κ1) is 31.6. The number of sulfone groups is 1. The number of rotatable bonds is 13. The zero-order valence-electron chi connectivity index (χ0n) is 24.7. The van der Waals surface area contributed by atoms with Crippen LogP contribution in [0.1, 0.15) is 24.0 Å². The van der Waals surface area contributed by atoms with E-state index in [4.69, 9.17) is 9.47 Å². The lowest BCUT2D eigenvalue weighted by Gasteiger charge is -2.30. The summed E-state index contributed by atoms with van der Waals surface area (Å²) in [6, 6.07) is 22.8. The molecule has 1 aliphatic rings. The molecule has 9 nitrogen and oxygen atoms in total. The molecule has 6 rings (SSSR count). The molecule has 12 heteroatoms. The van der Waals surface area contributed by atoms with Crippen molar-refractivity contribution in [2.45, 2.75) is 30.1 Å². The van der Waals surface area contributed by atoms with Crippen LogP contribution in [0.15, 0.2) is 113 Å². The fraction of sp³-hybridized carbons (Fsp3) is 0.206. The highest BCUT2D eigenvalue weighted by atomic mass is 79.9. The average Bonchev–Trinajstić information content (AvgIpc) is 3.55. The van der Waals surface area contributed by atoms with Gasteiger partial charge in [0.2, 0.25) is 0 Å². The Morgan fingerprint density at radius 2 is 1.89 bits per heavy atom. The summed E-state index contributed by atoms with van der Waals surface area (Å²) in [5.74, 6) is 0.907. The summed E-state index contributed by atoms with van der Waals surface area (Å²) in [7, 11) is -3.46. The lowest BCUT2D eigenvalue weighted by molar-refractivity contribution is 0.0329. The Balaban J connectivity index is 1.13. The Hall–Kier alpha value is -4.39. The fourth-order valence-electron chi connectivity index (χ4n) is 5.27. The average molecular weight is 705 g/mol. The summed E-state index contributed by atoms with van der Waals surface area (Å²) in [6.07, 6.45) is 8.00. The van der Waals surface area contributed by atoms with Gasteiger partial charge in [-0.25, -0.2) is 27.8 Å². The van der Waals surface area contributed by atoms with Gasteiger partial charge in [-0.15, -0.1) is 0 Å². The first-order chi connectivity index (χ1) is 22.3. The summed E-state index contributed by atoms with van der Waals surface area (Å²) in [5, 5.41) is 7.56. The Bertz CT molecular complexity index is 1970. The third kappa shape index (κ3) is 7.35. The second-order valence-corrected chi connectivity index (χ2v) is 13.7. The maximum atomic E-state index is 13.5. The molecule has 0 aliphatic carbocycles. The van der Waals surface area contributed by atoms with Crippen LogP contribution in [0.2, 0.25) is 0 Å². The minimum Gasteiger partial charge on any atom is -0.490 e. The molecule has 0 spiro atoms. The summed E-state index contributed by atoms with van der Waals surface area (Å²) in [6.45, 7) is 1.09. The molecule has 2 N–H and O–H groups in total. The smallest absolute Gasteiger partial charge is 0.196 e. The van der Waals surface area contributed by atoms with Gasteiger partial charge in [-0.1, -0.05) is 24.3 Å². The highest BCUT2D eigenvalue weighted by Gasteiger charge is 2.35. The number of pyridine rings is 1. The van der Waals surface area contributed by atoms with E-state index in [0.29, 0.717) is 37.5 Å². The van der Waals surface area contributed by atoms with Crippen LogP contribution < -0.4 is 15.4 Å². The van der Waals surface area contributed by atoms with E-state index in [-0.39, 0.29) is 23.2 Å². The number of anilines is 2. The molecule has 0 radical (unpaired) electrons. The summed E-state index contributed by atoms with van der Waals surface area (Å²) in [5.41, 5.74) is 2.65. The van der Waals surface area contributed by atoms with Gasteiger partial charge in [0.05, 0.1) is 22.0 Å². The van der Waals surface area contributed by atoms with E-state index < -0.39 is 15.4 Å². The van der Waals surface area contributed by atoms with Crippen LogP contribution in [0, 0.1) is 5.82 Å². The van der Waals surface area contributed by atoms with Crippen molar-refractivity contribution < 1.29 is 22.3 Å². The number of nitrogens with zero attached hydrogens (tertiary/aromatic N) is 3. The van der Waals surface area contributed by atoms with Crippen LogP contribution in [-0.4, -0.2) is 42.2 Å². The van der Waals surface area contributed by atoms with E-state index >= 15 is 0 Å². The molecule has 46 heavy (non-hydrogen) atoms. The largest absolute Gasteiger partial charge is 0.490 e. The zero-order valence-corrected chi connectivity index (χ0v) is 27.1. The van der Waals surface area contributed by atoms with Crippen LogP contribution in [0.3, 0.4) is 0 Å². The highest BCUT2D eigenvalue weighted by molar-refractivity contribution is 9.10. The van der Waals surface area contributed by atoms with Gasteiger partial charge in [0.1, 0.15) is 35.9 Å². The van der Waals surface area contributed by atoms with Crippen molar-refractivity contribution in [1.82, 2.24) is 20.3 Å². The molecule has 0 bridgehead atoms. The highest BCUT2D eigenvalue weighted by Crippen LogP contribution is 2.40. The van der Waals surface area contributed by atoms with Gasteiger partial charge in [-0.3, -0.25) is 0 Å². The van der Waals surface area contributed by atoms with Crippen LogP contribution in [0.5, 0.6) is 5.75 Å². The van der Waals surface area contributed by atoms with Crippen molar-refractivity contribution in [3.63, 3.8) is 0 Å². The number of aromatic nitrogens is 3. The molecule has 1 aliphatic heterocycles. The number of ether oxygens (including phenoxy) is 2. The van der Waals surface area contributed by atoms with E-state index in [1.54, 1.807) is 24.5 Å². The Morgan fingerprint density at radius 1 is 0.978 bits per heavy atom. The van der Waals surface area contributed by atoms with Crippen LogP contribution in [-0.2, 0) is 26.8 Å². The minimum absolute atomic E-state index is 0.0469. The Kier molecular flexibility index (Phi) is 9.57. The van der Waals surface area contributed by atoms with Gasteiger partial charge in [0.25, 0.3) is 0 Å². The summed E-state index contributed by atoms with van der Waals surface area (Å²) < 4.78 is 51.5. The summed E-state index contributed by atoms with van der Waals surface area (Å²) in [4.78, 5) is 13.0. The third-order valence-electron chi connectivity index (χ3n) is 7.69. The van der Waals surface area contributed by atoms with Gasteiger partial charge in [-0.2, -0.15) is 0 Å². The zero-order chi connectivity index (χ0) is 32.0. The number of hydrogen-bond donors (Lipinski definition) is 2. The third-order valence-corrected chi connectivity index (χ3v) is 9.93. The van der Waals surface area contributed by atoms with Gasteiger partial charge in [-0.05, 0) is 94.3 Å². The maximum absolute atomic E-state index is 13.5. The van der Waals surface area contributed by atoms with E-state index in [9.17, 15) is 12.8 Å². The molecule has 3 heterocycles. The lowest BCUT2D eigenvalue weighted by atomic mass is 9.87. The predicted molar refractivity (Wildman–Crippen MR) is 178 cm³/mol. The number of fused-ring (bicyclic) bond motifs is 1. The SMILES string of the molecule is O=S(=O)(CCNCCC1(c2ccc3ncnc(Nc4ccc(OCc5cccc(F)c5)c(Br)c4)c3c2)CC=CO1)c1ccccn1. The minimum atomic E-state index is -3.46. The standard InChI is InChI=1S/C34H31BrFN5O4S/c35-29-21-27(9-11-31(29)44-22-24-5-3-6-26(36)19-24)41-33-28-20-25(8-10-30(28)39-23-40-33)34(12-4-17-45-34)13-15-37-16-18-46(42,43)32-7-1-2-14-38-32/h1-11,14,17,19-21,23,37H,12-13,15-16,18,22H2,(H,39,40,41). The molecule has 5 aromatic rings. The van der Waals surface area contributed by atoms with Crippen molar-refractivity contribution >= 4 is 48.2 Å². The molecule has 1 atom stereocenters. The molecule has 1 unspecified atom stereocenters. The van der Waals surface area contributed by atoms with Crippen molar-refractivity contribution in [3.05, 3.63) is 125 Å². The monoisotopic (exact) mass is 703 g/mol. The van der Waals surface area contributed by atoms with Crippen molar-refractivity contribution in [3.8, 4) is 5.75 Å². The molecular formula is C34H31BrFN5O4S. The normalized spacial score (nSPS) is 16.0. The van der Waals surface area contributed by atoms with E-state index in [0.717, 1.165) is 32.2 Å². The maximum Gasteiger partial charge on any atom is 0.196 e. The van der Waals surface area contributed by atoms with Crippen molar-refractivity contribution in [2.24, 2.45) is 0 Å². The number of halogens is 2. The van der Waals surface area contributed by atoms with E-state index in [1.165, 1.54) is 30.7 Å². The number of benzene rings is 3. The quantitative estimate of drug-likeness (QED) is 0.127. The number of nitrogens with one attached hydrogen (secondary N) is 2. The van der Waals surface area contributed by atoms with Crippen LogP contribution >= 0.6 is 15.9 Å². The lowest BCUT2D eigenvalue weighted by Crippen LogP contribution is -2.32. The Morgan fingerprint density at radius 3 is 2.67 bits per heavy atom. The first-order valence-electron chi connectivity index (χ1n) is 14.7. The van der Waals surface area contributed by atoms with Crippen molar-refractivity contribution in [1.29, 1.82) is 0 Å². The van der Waals surface area contributed by atoms with Crippen LogP contribution in [0.25, 0.3) is 10.9 Å². The van der Waals surface area contributed by atoms with E-state index in [2.05, 4.69) is 41.5 Å². The predicted octanol–water partition coefficient (Wildman–Crippen LogP) is 6.83. The molecule has 0 saturated heterocycles. The Labute approximate surface area is 275 Å². The number of hydrogen-bond acceptors (Lipinski definition) is 9. The van der Waals surface area contributed by atoms with Gasteiger partial charge < -0.3 is 20.1 Å². The van der Waals surface area contributed by atoms with Gasteiger partial charge in [0, 0.05) is 36.7 Å². The molecule has 0 amide bonds. The molecule has 2 aromatic heterocycles. The topological polar surface area (TPSA) is 115 Å². The second-order valence-electron chi connectivity index (χ2n) is 10.8.